The third kappa shape index (κ3) is 5.37. The molecular weight excluding hydrogens is 346 g/mol. The number of nitrogens with one attached hydrogen (secondary N) is 3. The van der Waals surface area contributed by atoms with E-state index >= 15 is 0 Å². The molecule has 1 fully saturated rings. The summed E-state index contributed by atoms with van der Waals surface area (Å²) in [6.07, 6.45) is 0. The van der Waals surface area contributed by atoms with Gasteiger partial charge >= 0.3 is 0 Å². The molecule has 0 radical (unpaired) electrons. The topological polar surface area (TPSA) is 66.7 Å². The van der Waals surface area contributed by atoms with Crippen molar-refractivity contribution in [1.82, 2.24) is 9.88 Å². The van der Waals surface area contributed by atoms with Gasteiger partial charge in [-0.15, -0.1) is 0 Å². The smallest absolute Gasteiger partial charge is 0.275 e. The largest absolute Gasteiger partial charge is 0.347 e. The van der Waals surface area contributed by atoms with Crippen LogP contribution in [-0.2, 0) is 11.5 Å². The molecule has 6 nitrogen and oxygen atoms in total. The predicted molar refractivity (Wildman–Crippen MR) is 104 cm³/mol. The van der Waals surface area contributed by atoms with Crippen LogP contribution in [-0.4, -0.2) is 48.7 Å². The van der Waals surface area contributed by atoms with E-state index in [2.05, 4.69) is 16.0 Å². The number of nitrogens with zero attached hydrogens (tertiary/aromatic N) is 2. The van der Waals surface area contributed by atoms with Gasteiger partial charge in [0.15, 0.2) is 13.2 Å². The number of carbonyl (C=O) groups is 1. The molecule has 3 N–H and O–H groups in total. The second kappa shape index (κ2) is 8.30. The Hall–Kier alpha value is -1.75. The fourth-order valence-corrected chi connectivity index (χ4v) is 3.88. The van der Waals surface area contributed by atoms with E-state index < -0.39 is 0 Å². The Bertz CT molecular complexity index is 764. The van der Waals surface area contributed by atoms with Crippen LogP contribution in [0, 0.1) is 29.8 Å². The van der Waals surface area contributed by atoms with E-state index in [1.807, 2.05) is 40.7 Å². The first-order chi connectivity index (χ1) is 12.1. The van der Waals surface area contributed by atoms with Gasteiger partial charge in [-0.2, -0.15) is 5.26 Å². The van der Waals surface area contributed by atoms with Crippen molar-refractivity contribution in [2.24, 2.45) is 0 Å². The van der Waals surface area contributed by atoms with Crippen LogP contribution in [0.1, 0.15) is 37.6 Å². The summed E-state index contributed by atoms with van der Waals surface area (Å²) in [6.45, 7) is 15.2. The van der Waals surface area contributed by atoms with E-state index in [-0.39, 0.29) is 11.4 Å². The number of piperazine rings is 1. The fraction of sp³-hybridized carbons (Fsp3) is 0.632. The number of quaternary nitrogens is 2. The Morgan fingerprint density at radius 2 is 1.85 bits per heavy atom. The van der Waals surface area contributed by atoms with Gasteiger partial charge in [0.1, 0.15) is 36.9 Å². The molecule has 1 aliphatic rings. The zero-order valence-corrected chi connectivity index (χ0v) is 17.3. The molecule has 7 heteroatoms. The Morgan fingerprint density at radius 3 is 2.38 bits per heavy atom. The third-order valence-corrected chi connectivity index (χ3v) is 5.21. The summed E-state index contributed by atoms with van der Waals surface area (Å²) in [6, 6.07) is 4.27. The number of carbonyl (C=O) groups excluding carboxylic acids is 1. The molecule has 1 amide bonds. The summed E-state index contributed by atoms with van der Waals surface area (Å²) in [5.74, 6) is 0.117. The molecule has 1 aromatic heterocycles. The molecule has 1 aliphatic heterocycles. The molecule has 0 aliphatic carbocycles. The van der Waals surface area contributed by atoms with E-state index in [0.717, 1.165) is 44.1 Å². The van der Waals surface area contributed by atoms with Crippen molar-refractivity contribution < 1.29 is 14.6 Å². The van der Waals surface area contributed by atoms with Crippen molar-refractivity contribution in [2.45, 2.75) is 46.8 Å². The Kier molecular flexibility index (Phi) is 6.56. The van der Waals surface area contributed by atoms with Crippen LogP contribution < -0.4 is 15.1 Å². The van der Waals surface area contributed by atoms with Crippen molar-refractivity contribution in [3.63, 3.8) is 0 Å². The quantitative estimate of drug-likeness (QED) is 0.612. The molecule has 0 unspecified atom stereocenters. The molecule has 0 aromatic carbocycles. The molecule has 0 spiro atoms. The van der Waals surface area contributed by atoms with Gasteiger partial charge in [-0.05, 0) is 46.2 Å². The minimum absolute atomic E-state index is 0.117. The van der Waals surface area contributed by atoms with Crippen molar-refractivity contribution >= 4 is 18.1 Å². The number of pyridine rings is 1. The first-order valence-electron chi connectivity index (χ1n) is 9.20. The summed E-state index contributed by atoms with van der Waals surface area (Å²) in [5.41, 5.74) is 2.47. The standard InChI is InChI=1S/C19H29N5OS/c1-14-10-15(2)24(18(26)16(14)11-20)13-23-8-6-22(7-9-23)12-17(25)21-19(3,4)5/h10H,6-9,12-13H2,1-5H3,(H,21,25)/p+2. The second-order valence-corrected chi connectivity index (χ2v) is 8.71. The van der Waals surface area contributed by atoms with E-state index in [0.29, 0.717) is 16.7 Å². The molecule has 142 valence electrons. The van der Waals surface area contributed by atoms with Crippen LogP contribution >= 0.6 is 12.2 Å². The molecule has 0 atom stereocenters. The number of amides is 1. The van der Waals surface area contributed by atoms with Crippen LogP contribution in [0.3, 0.4) is 0 Å². The maximum Gasteiger partial charge on any atom is 0.275 e. The molecular formula is C19H31N5OS+2. The highest BCUT2D eigenvalue weighted by Crippen LogP contribution is 2.12. The minimum Gasteiger partial charge on any atom is -0.347 e. The van der Waals surface area contributed by atoms with Gasteiger partial charge < -0.3 is 15.1 Å². The second-order valence-electron chi connectivity index (χ2n) is 8.32. The van der Waals surface area contributed by atoms with Crippen LogP contribution in [0.25, 0.3) is 0 Å². The van der Waals surface area contributed by atoms with Crippen molar-refractivity contribution in [3.8, 4) is 6.07 Å². The lowest BCUT2D eigenvalue weighted by Gasteiger charge is -2.31. The zero-order chi connectivity index (χ0) is 19.5. The summed E-state index contributed by atoms with van der Waals surface area (Å²) in [5, 5.41) is 12.4. The average molecular weight is 378 g/mol. The molecule has 1 aromatic rings. The molecule has 1 saturated heterocycles. The summed E-state index contributed by atoms with van der Waals surface area (Å²) in [7, 11) is 0. The normalized spacial score (nSPS) is 20.5. The maximum absolute atomic E-state index is 12.1. The van der Waals surface area contributed by atoms with E-state index in [1.165, 1.54) is 9.80 Å². The van der Waals surface area contributed by atoms with Crippen LogP contribution in [0.5, 0.6) is 0 Å². The average Bonchev–Trinajstić information content (AvgIpc) is 2.51. The monoisotopic (exact) mass is 377 g/mol. The first-order valence-corrected chi connectivity index (χ1v) is 9.61. The first kappa shape index (κ1) is 20.6. The van der Waals surface area contributed by atoms with Gasteiger partial charge in [0, 0.05) is 11.2 Å². The summed E-state index contributed by atoms with van der Waals surface area (Å²) in [4.78, 5) is 14.9. The van der Waals surface area contributed by atoms with Gasteiger partial charge in [-0.25, -0.2) is 0 Å². The third-order valence-electron chi connectivity index (χ3n) is 4.79. The molecule has 2 heterocycles. The van der Waals surface area contributed by atoms with Gasteiger partial charge in [0.25, 0.3) is 5.91 Å². The molecule has 0 bridgehead atoms. The lowest BCUT2D eigenvalue weighted by atomic mass is 10.1. The zero-order valence-electron chi connectivity index (χ0n) is 16.5. The van der Waals surface area contributed by atoms with Crippen LogP contribution in [0.15, 0.2) is 6.07 Å². The maximum atomic E-state index is 12.1. The van der Waals surface area contributed by atoms with E-state index in [4.69, 9.17) is 12.2 Å². The SMILES string of the molecule is Cc1cc(C)n(C[NH+]2CC[NH+](CC(=O)NC(C)(C)C)CC2)c(=S)c1C#N. The van der Waals surface area contributed by atoms with Gasteiger partial charge in [-0.1, -0.05) is 12.2 Å². The van der Waals surface area contributed by atoms with Crippen molar-refractivity contribution in [3.05, 3.63) is 27.5 Å². The van der Waals surface area contributed by atoms with Crippen LogP contribution in [0.4, 0.5) is 0 Å². The highest BCUT2D eigenvalue weighted by Gasteiger charge is 2.26. The number of aromatic nitrogens is 1. The fourth-order valence-electron chi connectivity index (χ4n) is 3.46. The van der Waals surface area contributed by atoms with Gasteiger partial charge in [-0.3, -0.25) is 9.36 Å². The summed E-state index contributed by atoms with van der Waals surface area (Å²) >= 11 is 5.53. The van der Waals surface area contributed by atoms with Gasteiger partial charge in [0.2, 0.25) is 0 Å². The highest BCUT2D eigenvalue weighted by atomic mass is 32.1. The van der Waals surface area contributed by atoms with Crippen molar-refractivity contribution in [2.75, 3.05) is 32.7 Å². The number of nitriles is 1. The summed E-state index contributed by atoms with van der Waals surface area (Å²) < 4.78 is 2.71. The number of hydrogen-bond donors (Lipinski definition) is 3. The Labute approximate surface area is 161 Å². The molecule has 26 heavy (non-hydrogen) atoms. The highest BCUT2D eigenvalue weighted by molar-refractivity contribution is 7.71. The predicted octanol–water partition coefficient (Wildman–Crippen LogP) is -0.638. The van der Waals surface area contributed by atoms with Gasteiger partial charge in [0.05, 0.1) is 5.56 Å². The Morgan fingerprint density at radius 1 is 1.27 bits per heavy atom. The number of rotatable bonds is 4. The number of hydrogen-bond acceptors (Lipinski definition) is 3. The van der Waals surface area contributed by atoms with E-state index in [1.54, 1.807) is 0 Å². The lowest BCUT2D eigenvalue weighted by Crippen LogP contribution is -3.28. The Balaban J connectivity index is 1.95. The lowest BCUT2D eigenvalue weighted by molar-refractivity contribution is -1.02. The molecule has 2 rings (SSSR count). The number of aryl methyl sites for hydroxylation is 2. The van der Waals surface area contributed by atoms with Crippen LogP contribution in [0.2, 0.25) is 0 Å². The molecule has 0 saturated carbocycles. The van der Waals surface area contributed by atoms with Crippen molar-refractivity contribution in [1.29, 1.82) is 5.26 Å². The minimum atomic E-state index is -0.179. The van der Waals surface area contributed by atoms with E-state index in [9.17, 15) is 10.1 Å².